The van der Waals surface area contributed by atoms with Gasteiger partial charge in [0.05, 0.1) is 27.0 Å². The van der Waals surface area contributed by atoms with E-state index in [1.165, 1.54) is 0 Å². The fourth-order valence-corrected chi connectivity index (χ4v) is 3.29. The van der Waals surface area contributed by atoms with Crippen molar-refractivity contribution in [2.24, 2.45) is 0 Å². The Kier molecular flexibility index (Phi) is 6.36. The lowest BCUT2D eigenvalue weighted by atomic mass is 10.2. The number of methoxy groups -OCH3 is 2. The molecule has 0 atom stereocenters. The molecular formula is C25H23N3O4. The summed E-state index contributed by atoms with van der Waals surface area (Å²) in [6.07, 6.45) is 1.64. The Bertz CT molecular complexity index is 1190. The fourth-order valence-electron chi connectivity index (χ4n) is 3.29. The molecule has 0 aliphatic carbocycles. The molecule has 0 radical (unpaired) electrons. The Morgan fingerprint density at radius 2 is 1.62 bits per heavy atom. The number of aromatic nitrogens is 2. The van der Waals surface area contributed by atoms with Gasteiger partial charge in [-0.2, -0.15) is 5.10 Å². The number of nitrogens with one attached hydrogen (secondary N) is 1. The molecule has 4 rings (SSSR count). The lowest BCUT2D eigenvalue weighted by Crippen LogP contribution is -2.16. The van der Waals surface area contributed by atoms with Crippen molar-refractivity contribution >= 4 is 11.7 Å². The molecule has 0 aliphatic rings. The number of benzene rings is 3. The Balaban J connectivity index is 1.46. The van der Waals surface area contributed by atoms with E-state index in [0.29, 0.717) is 35.2 Å². The summed E-state index contributed by atoms with van der Waals surface area (Å²) in [5, 5.41) is 7.25. The van der Waals surface area contributed by atoms with Gasteiger partial charge < -0.3 is 19.5 Å². The smallest absolute Gasteiger partial charge is 0.256 e. The first-order chi connectivity index (χ1) is 15.7. The third-order valence-electron chi connectivity index (χ3n) is 4.86. The minimum absolute atomic E-state index is 0.240. The number of amides is 1. The third-order valence-corrected chi connectivity index (χ3v) is 4.86. The van der Waals surface area contributed by atoms with Gasteiger partial charge in [0.25, 0.3) is 5.91 Å². The number of para-hydroxylation sites is 2. The molecule has 0 saturated carbocycles. The van der Waals surface area contributed by atoms with E-state index >= 15 is 0 Å². The second-order valence-electron chi connectivity index (χ2n) is 6.92. The first kappa shape index (κ1) is 21.0. The normalized spacial score (nSPS) is 10.4. The maximum Gasteiger partial charge on any atom is 0.256 e. The van der Waals surface area contributed by atoms with Gasteiger partial charge in [-0.15, -0.1) is 0 Å². The summed E-state index contributed by atoms with van der Waals surface area (Å²) in [4.78, 5) is 12.8. The largest absolute Gasteiger partial charge is 0.493 e. The first-order valence-electron chi connectivity index (χ1n) is 10.0. The van der Waals surface area contributed by atoms with Crippen LogP contribution in [0, 0.1) is 0 Å². The summed E-state index contributed by atoms with van der Waals surface area (Å²) in [5.74, 6) is 3.00. The minimum atomic E-state index is -0.240. The Morgan fingerprint density at radius 3 is 2.34 bits per heavy atom. The molecule has 4 aromatic rings. The van der Waals surface area contributed by atoms with Gasteiger partial charge in [-0.3, -0.25) is 4.79 Å². The molecule has 1 N–H and O–H groups in total. The van der Waals surface area contributed by atoms with Gasteiger partial charge in [0.15, 0.2) is 11.5 Å². The highest BCUT2D eigenvalue weighted by Gasteiger charge is 2.14. The maximum atomic E-state index is 12.8. The van der Waals surface area contributed by atoms with Crippen LogP contribution in [0.1, 0.15) is 15.9 Å². The van der Waals surface area contributed by atoms with Gasteiger partial charge in [-0.1, -0.05) is 30.3 Å². The molecule has 0 fully saturated rings. The van der Waals surface area contributed by atoms with E-state index in [-0.39, 0.29) is 5.91 Å². The molecule has 0 unspecified atom stereocenters. The van der Waals surface area contributed by atoms with Gasteiger partial charge in [0.2, 0.25) is 0 Å². The van der Waals surface area contributed by atoms with Crippen LogP contribution in [0.4, 0.5) is 5.82 Å². The van der Waals surface area contributed by atoms with Crippen molar-refractivity contribution in [3.05, 3.63) is 96.2 Å². The van der Waals surface area contributed by atoms with Gasteiger partial charge in [0, 0.05) is 17.2 Å². The lowest BCUT2D eigenvalue weighted by Gasteiger charge is -2.14. The van der Waals surface area contributed by atoms with Crippen LogP contribution in [0.2, 0.25) is 0 Å². The Morgan fingerprint density at radius 1 is 0.875 bits per heavy atom. The predicted octanol–water partition coefficient (Wildman–Crippen LogP) is 4.99. The molecular weight excluding hydrogens is 406 g/mol. The van der Waals surface area contributed by atoms with E-state index in [1.54, 1.807) is 55.4 Å². The van der Waals surface area contributed by atoms with Crippen molar-refractivity contribution in [2.75, 3.05) is 19.5 Å². The zero-order valence-corrected chi connectivity index (χ0v) is 17.8. The highest BCUT2D eigenvalue weighted by atomic mass is 16.5. The van der Waals surface area contributed by atoms with E-state index in [0.717, 1.165) is 11.3 Å². The quantitative estimate of drug-likeness (QED) is 0.427. The summed E-state index contributed by atoms with van der Waals surface area (Å²) in [6.45, 7) is 0.410. The summed E-state index contributed by atoms with van der Waals surface area (Å²) < 4.78 is 18.3. The third kappa shape index (κ3) is 4.73. The highest BCUT2D eigenvalue weighted by molar-refractivity contribution is 6.03. The molecule has 162 valence electrons. The first-order valence-corrected chi connectivity index (χ1v) is 10.0. The zero-order valence-electron chi connectivity index (χ0n) is 17.8. The van der Waals surface area contributed by atoms with Crippen LogP contribution in [-0.4, -0.2) is 29.9 Å². The van der Waals surface area contributed by atoms with Crippen LogP contribution in [0.15, 0.2) is 85.1 Å². The van der Waals surface area contributed by atoms with E-state index in [2.05, 4.69) is 10.4 Å². The number of ether oxygens (including phenoxy) is 3. The van der Waals surface area contributed by atoms with Crippen LogP contribution in [0.5, 0.6) is 23.0 Å². The number of hydrogen-bond acceptors (Lipinski definition) is 5. The van der Waals surface area contributed by atoms with Crippen LogP contribution < -0.4 is 19.5 Å². The fraction of sp³-hybridized carbons (Fsp3) is 0.120. The van der Waals surface area contributed by atoms with Crippen LogP contribution in [0.3, 0.4) is 0 Å². The van der Waals surface area contributed by atoms with Gasteiger partial charge in [-0.05, 0) is 42.5 Å². The Labute approximate surface area is 186 Å². The van der Waals surface area contributed by atoms with E-state index < -0.39 is 0 Å². The molecule has 0 bridgehead atoms. The maximum absolute atomic E-state index is 12.8. The van der Waals surface area contributed by atoms with Crippen LogP contribution >= 0.6 is 0 Å². The lowest BCUT2D eigenvalue weighted by molar-refractivity contribution is 0.102. The topological polar surface area (TPSA) is 74.6 Å². The average molecular weight is 429 g/mol. The number of hydrogen-bond donors (Lipinski definition) is 1. The summed E-state index contributed by atoms with van der Waals surface area (Å²) in [7, 11) is 3.19. The standard InChI is InChI=1S/C25H23N3O4/c1-30-22-10-6-7-19(24(22)31-2)17-28-23(15-16-26-28)27-25(29)18-11-13-21(14-12-18)32-20-8-4-3-5-9-20/h3-16H,17H2,1-2H3,(H,27,29). The SMILES string of the molecule is COc1cccc(Cn2nccc2NC(=O)c2ccc(Oc3ccccc3)cc2)c1OC. The molecule has 1 heterocycles. The highest BCUT2D eigenvalue weighted by Crippen LogP contribution is 2.31. The molecule has 1 amide bonds. The van der Waals surface area contributed by atoms with E-state index in [9.17, 15) is 4.79 Å². The number of rotatable bonds is 8. The number of carbonyl (C=O) groups is 1. The van der Waals surface area contributed by atoms with Crippen molar-refractivity contribution in [1.82, 2.24) is 9.78 Å². The van der Waals surface area contributed by atoms with Gasteiger partial charge >= 0.3 is 0 Å². The van der Waals surface area contributed by atoms with Crippen molar-refractivity contribution in [3.63, 3.8) is 0 Å². The molecule has 0 saturated heterocycles. The van der Waals surface area contributed by atoms with Crippen molar-refractivity contribution in [2.45, 2.75) is 6.54 Å². The monoisotopic (exact) mass is 429 g/mol. The minimum Gasteiger partial charge on any atom is -0.493 e. The second kappa shape index (κ2) is 9.70. The summed E-state index contributed by atoms with van der Waals surface area (Å²) in [6, 6.07) is 23.9. The van der Waals surface area contributed by atoms with Crippen LogP contribution in [0.25, 0.3) is 0 Å². The predicted molar refractivity (Wildman–Crippen MR) is 122 cm³/mol. The molecule has 7 heteroatoms. The molecule has 7 nitrogen and oxygen atoms in total. The van der Waals surface area contributed by atoms with Gasteiger partial charge in [-0.25, -0.2) is 4.68 Å². The zero-order chi connectivity index (χ0) is 22.3. The molecule has 1 aromatic heterocycles. The van der Waals surface area contributed by atoms with Gasteiger partial charge in [0.1, 0.15) is 17.3 Å². The molecule has 32 heavy (non-hydrogen) atoms. The van der Waals surface area contributed by atoms with Crippen molar-refractivity contribution in [3.8, 4) is 23.0 Å². The molecule has 0 spiro atoms. The van der Waals surface area contributed by atoms with Crippen molar-refractivity contribution < 1.29 is 19.0 Å². The van der Waals surface area contributed by atoms with E-state index in [1.807, 2.05) is 48.5 Å². The van der Waals surface area contributed by atoms with E-state index in [4.69, 9.17) is 14.2 Å². The summed E-state index contributed by atoms with van der Waals surface area (Å²) >= 11 is 0. The number of carbonyl (C=O) groups excluding carboxylic acids is 1. The molecule has 0 aliphatic heterocycles. The number of anilines is 1. The average Bonchev–Trinajstić information content (AvgIpc) is 3.26. The molecule has 3 aromatic carbocycles. The summed E-state index contributed by atoms with van der Waals surface area (Å²) in [5.41, 5.74) is 1.39. The van der Waals surface area contributed by atoms with Crippen LogP contribution in [-0.2, 0) is 6.54 Å². The second-order valence-corrected chi connectivity index (χ2v) is 6.92. The number of nitrogens with zero attached hydrogens (tertiary/aromatic N) is 2. The Hall–Kier alpha value is -4.26. The van der Waals surface area contributed by atoms with Crippen molar-refractivity contribution in [1.29, 1.82) is 0 Å².